The average molecular weight is 608 g/mol. The number of amides is 2. The fourth-order valence-corrected chi connectivity index (χ4v) is 6.45. The molecule has 3 aromatic carbocycles. The third kappa shape index (κ3) is 3.38. The summed E-state index contributed by atoms with van der Waals surface area (Å²) in [5.41, 5.74) is 2.75. The van der Waals surface area contributed by atoms with Gasteiger partial charge in [0, 0.05) is 15.7 Å². The van der Waals surface area contributed by atoms with E-state index in [4.69, 9.17) is 4.74 Å². The first-order valence-electron chi connectivity index (χ1n) is 11.5. The SMILES string of the molecule is COc1ccc(C(=O)[C@@H]2[C@@H]3C(=O)N(c4ccc(Br)cc4)C(=O)[C@H]3[C@H]3C=Cc4ccccc4N32)cc1Br. The molecule has 6 nitrogen and oxygen atoms in total. The molecule has 36 heavy (non-hydrogen) atoms. The quantitative estimate of drug-likeness (QED) is 0.290. The summed E-state index contributed by atoms with van der Waals surface area (Å²) in [5.74, 6) is -1.71. The van der Waals surface area contributed by atoms with E-state index >= 15 is 0 Å². The third-order valence-electron chi connectivity index (χ3n) is 7.20. The Kier molecular flexibility index (Phi) is 5.61. The van der Waals surface area contributed by atoms with Gasteiger partial charge in [-0.15, -0.1) is 0 Å². The molecule has 3 aromatic rings. The van der Waals surface area contributed by atoms with E-state index in [-0.39, 0.29) is 17.6 Å². The molecule has 6 rings (SSSR count). The Morgan fingerprint density at radius 1 is 0.917 bits per heavy atom. The molecule has 8 heteroatoms. The maximum atomic E-state index is 14.1. The largest absolute Gasteiger partial charge is 0.496 e. The topological polar surface area (TPSA) is 66.9 Å². The van der Waals surface area contributed by atoms with E-state index in [0.717, 1.165) is 15.7 Å². The van der Waals surface area contributed by atoms with Gasteiger partial charge >= 0.3 is 0 Å². The number of rotatable bonds is 4. The van der Waals surface area contributed by atoms with Crippen molar-refractivity contribution in [3.63, 3.8) is 0 Å². The first-order chi connectivity index (χ1) is 17.4. The monoisotopic (exact) mass is 606 g/mol. The molecule has 0 radical (unpaired) electrons. The number of anilines is 2. The first kappa shape index (κ1) is 23.2. The number of nitrogens with zero attached hydrogens (tertiary/aromatic N) is 2. The van der Waals surface area contributed by atoms with Gasteiger partial charge in [0.25, 0.3) is 0 Å². The molecule has 180 valence electrons. The van der Waals surface area contributed by atoms with Gasteiger partial charge in [0.15, 0.2) is 5.78 Å². The van der Waals surface area contributed by atoms with Gasteiger partial charge in [0.1, 0.15) is 11.8 Å². The maximum Gasteiger partial charge on any atom is 0.240 e. The average Bonchev–Trinajstić information content (AvgIpc) is 3.37. The van der Waals surface area contributed by atoms with Gasteiger partial charge in [0.05, 0.1) is 35.1 Å². The minimum Gasteiger partial charge on any atom is -0.496 e. The number of ketones is 1. The van der Waals surface area contributed by atoms with Gasteiger partial charge in [-0.25, -0.2) is 4.90 Å². The van der Waals surface area contributed by atoms with Crippen molar-refractivity contribution in [3.8, 4) is 5.75 Å². The second kappa shape index (κ2) is 8.71. The number of carbonyl (C=O) groups is 3. The zero-order valence-corrected chi connectivity index (χ0v) is 22.3. The summed E-state index contributed by atoms with van der Waals surface area (Å²) in [5, 5.41) is 0. The number of imide groups is 1. The Balaban J connectivity index is 1.48. The van der Waals surface area contributed by atoms with Crippen LogP contribution in [-0.2, 0) is 9.59 Å². The second-order valence-electron chi connectivity index (χ2n) is 9.01. The van der Waals surface area contributed by atoms with Crippen LogP contribution in [-0.4, -0.2) is 36.8 Å². The smallest absolute Gasteiger partial charge is 0.240 e. The number of carbonyl (C=O) groups excluding carboxylic acids is 3. The van der Waals surface area contributed by atoms with Crippen LogP contribution >= 0.6 is 31.9 Å². The van der Waals surface area contributed by atoms with Gasteiger partial charge in [-0.1, -0.05) is 46.3 Å². The number of methoxy groups -OCH3 is 1. The molecule has 3 heterocycles. The number of fused-ring (bicyclic) bond motifs is 5. The Labute approximate surface area is 224 Å². The van der Waals surface area contributed by atoms with Crippen LogP contribution in [0.5, 0.6) is 5.75 Å². The van der Waals surface area contributed by atoms with Crippen molar-refractivity contribution in [1.29, 1.82) is 0 Å². The molecule has 0 bridgehead atoms. The summed E-state index contributed by atoms with van der Waals surface area (Å²) in [6.07, 6.45) is 3.93. The predicted octanol–water partition coefficient (Wildman–Crippen LogP) is 5.49. The fraction of sp³-hybridized carbons (Fsp3) is 0.179. The lowest BCUT2D eigenvalue weighted by molar-refractivity contribution is -0.122. The van der Waals surface area contributed by atoms with E-state index in [1.54, 1.807) is 49.6 Å². The van der Waals surface area contributed by atoms with Crippen molar-refractivity contribution in [2.75, 3.05) is 16.9 Å². The van der Waals surface area contributed by atoms with E-state index in [0.29, 0.717) is 21.5 Å². The molecule has 0 unspecified atom stereocenters. The lowest BCUT2D eigenvalue weighted by Gasteiger charge is -2.36. The van der Waals surface area contributed by atoms with E-state index in [1.807, 2.05) is 41.3 Å². The molecule has 0 N–H and O–H groups in total. The number of hydrogen-bond acceptors (Lipinski definition) is 5. The van der Waals surface area contributed by atoms with Gasteiger partial charge in [-0.3, -0.25) is 14.4 Å². The number of ether oxygens (including phenoxy) is 1. The Morgan fingerprint density at radius 3 is 2.36 bits per heavy atom. The standard InChI is InChI=1S/C28H20Br2N2O4/c1-36-22-13-7-16(14-19(22)30)26(33)25-24-23(21-12-6-15-4-2-3-5-20(15)32(21)25)27(34)31(28(24)35)18-10-8-17(29)9-11-18/h2-14,21,23-25H,1H3/t21-,23+,24-,25+/m1/s1. The van der Waals surface area contributed by atoms with Gasteiger partial charge in [-0.05, 0) is 70.0 Å². The lowest BCUT2D eigenvalue weighted by Crippen LogP contribution is -2.48. The summed E-state index contributed by atoms with van der Waals surface area (Å²) in [6.45, 7) is 0. The van der Waals surface area contributed by atoms with Crippen LogP contribution in [0.2, 0.25) is 0 Å². The molecule has 0 saturated carbocycles. The number of Topliss-reactive ketones (excluding diaryl/α,β-unsaturated/α-hetero) is 1. The second-order valence-corrected chi connectivity index (χ2v) is 10.8. The van der Waals surface area contributed by atoms with Crippen LogP contribution in [0.25, 0.3) is 6.08 Å². The zero-order chi connectivity index (χ0) is 25.1. The lowest BCUT2D eigenvalue weighted by atomic mass is 9.86. The molecule has 2 amide bonds. The Hall–Kier alpha value is -3.23. The highest BCUT2D eigenvalue weighted by Gasteiger charge is 2.64. The molecule has 2 saturated heterocycles. The van der Waals surface area contributed by atoms with Crippen molar-refractivity contribution in [2.24, 2.45) is 11.8 Å². The van der Waals surface area contributed by atoms with Crippen LogP contribution in [0.3, 0.4) is 0 Å². The number of para-hydroxylation sites is 1. The summed E-state index contributed by atoms with van der Waals surface area (Å²) in [7, 11) is 1.56. The van der Waals surface area contributed by atoms with Crippen LogP contribution < -0.4 is 14.5 Å². The summed E-state index contributed by atoms with van der Waals surface area (Å²) >= 11 is 6.87. The minimum absolute atomic E-state index is 0.209. The zero-order valence-electron chi connectivity index (χ0n) is 19.1. The predicted molar refractivity (Wildman–Crippen MR) is 144 cm³/mol. The molecule has 0 spiro atoms. The van der Waals surface area contributed by atoms with Crippen molar-refractivity contribution in [1.82, 2.24) is 0 Å². The van der Waals surface area contributed by atoms with Crippen molar-refractivity contribution in [2.45, 2.75) is 12.1 Å². The third-order valence-corrected chi connectivity index (χ3v) is 8.35. The summed E-state index contributed by atoms with van der Waals surface area (Å²) in [6, 6.07) is 18.7. The highest BCUT2D eigenvalue weighted by Crippen LogP contribution is 2.50. The van der Waals surface area contributed by atoms with Gasteiger partial charge < -0.3 is 9.64 Å². The van der Waals surface area contributed by atoms with Gasteiger partial charge in [-0.2, -0.15) is 0 Å². The van der Waals surface area contributed by atoms with Crippen LogP contribution in [0, 0.1) is 11.8 Å². The highest BCUT2D eigenvalue weighted by atomic mass is 79.9. The Morgan fingerprint density at radius 2 is 1.64 bits per heavy atom. The molecule has 3 aliphatic heterocycles. The molecular formula is C28H20Br2N2O4. The molecule has 3 aliphatic rings. The van der Waals surface area contributed by atoms with E-state index in [1.165, 1.54) is 4.90 Å². The number of benzene rings is 3. The molecule has 0 aliphatic carbocycles. The van der Waals surface area contributed by atoms with E-state index < -0.39 is 23.9 Å². The highest BCUT2D eigenvalue weighted by molar-refractivity contribution is 9.10. The molecular weight excluding hydrogens is 588 g/mol. The molecule has 2 fully saturated rings. The molecule has 0 aromatic heterocycles. The normalized spacial score (nSPS) is 24.0. The van der Waals surface area contributed by atoms with Crippen LogP contribution in [0.4, 0.5) is 11.4 Å². The minimum atomic E-state index is -0.830. The van der Waals surface area contributed by atoms with Crippen molar-refractivity contribution in [3.05, 3.63) is 92.9 Å². The number of hydrogen-bond donors (Lipinski definition) is 0. The maximum absolute atomic E-state index is 14.1. The molecule has 4 atom stereocenters. The number of halogens is 2. The van der Waals surface area contributed by atoms with Gasteiger partial charge in [0.2, 0.25) is 11.8 Å². The van der Waals surface area contributed by atoms with Crippen molar-refractivity contribution >= 4 is 66.9 Å². The summed E-state index contributed by atoms with van der Waals surface area (Å²) < 4.78 is 6.82. The van der Waals surface area contributed by atoms with E-state index in [9.17, 15) is 14.4 Å². The summed E-state index contributed by atoms with van der Waals surface area (Å²) in [4.78, 5) is 45.1. The first-order valence-corrected chi connectivity index (χ1v) is 13.1. The van der Waals surface area contributed by atoms with Crippen LogP contribution in [0.15, 0.2) is 81.8 Å². The van der Waals surface area contributed by atoms with E-state index in [2.05, 4.69) is 31.9 Å². The van der Waals surface area contributed by atoms with Crippen molar-refractivity contribution < 1.29 is 19.1 Å². The fourth-order valence-electron chi connectivity index (χ4n) is 5.65. The Bertz CT molecular complexity index is 1450. The van der Waals surface area contributed by atoms with Crippen LogP contribution in [0.1, 0.15) is 15.9 Å².